The van der Waals surface area contributed by atoms with Crippen LogP contribution in [-0.2, 0) is 28.5 Å². The van der Waals surface area contributed by atoms with E-state index < -0.39 is 30.4 Å². The molecule has 3 aliphatic heterocycles. The second-order valence-electron chi connectivity index (χ2n) is 8.97. The van der Waals surface area contributed by atoms with Crippen LogP contribution in [0.3, 0.4) is 0 Å². The van der Waals surface area contributed by atoms with Crippen LogP contribution < -0.4 is 5.32 Å². The molecular weight excluding hydrogens is 410 g/mol. The van der Waals surface area contributed by atoms with Gasteiger partial charge in [0.15, 0.2) is 12.1 Å². The van der Waals surface area contributed by atoms with E-state index in [4.69, 9.17) is 23.7 Å². The summed E-state index contributed by atoms with van der Waals surface area (Å²) in [7, 11) is 0. The first-order chi connectivity index (χ1) is 15.4. The minimum Gasteiger partial charge on any atom is -0.360 e. The lowest BCUT2D eigenvalue weighted by Crippen LogP contribution is -2.53. The van der Waals surface area contributed by atoms with Gasteiger partial charge in [0.25, 0.3) is 0 Å². The molecule has 3 aliphatic rings. The van der Waals surface area contributed by atoms with Gasteiger partial charge in [-0.05, 0) is 31.9 Å². The zero-order valence-electron chi connectivity index (χ0n) is 18.5. The van der Waals surface area contributed by atoms with Crippen LogP contribution >= 0.6 is 0 Å². The third kappa shape index (κ3) is 4.31. The highest BCUT2D eigenvalue weighted by molar-refractivity contribution is 5.82. The third-order valence-electron chi connectivity index (χ3n) is 6.06. The van der Waals surface area contributed by atoms with Gasteiger partial charge in [-0.2, -0.15) is 0 Å². The van der Waals surface area contributed by atoms with Crippen LogP contribution in [0.2, 0.25) is 0 Å². The molecule has 0 saturated carbocycles. The first-order valence-electron chi connectivity index (χ1n) is 11.1. The van der Waals surface area contributed by atoms with E-state index in [1.807, 2.05) is 57.2 Å². The summed E-state index contributed by atoms with van der Waals surface area (Å²) in [5.74, 6) is -0.774. The summed E-state index contributed by atoms with van der Waals surface area (Å²) >= 11 is 0. The third-order valence-corrected chi connectivity index (χ3v) is 6.06. The Labute approximate surface area is 187 Å². The summed E-state index contributed by atoms with van der Waals surface area (Å²) in [4.78, 5) is 11.3. The molecule has 0 radical (unpaired) electrons. The number of rotatable bonds is 7. The molecule has 3 heterocycles. The lowest BCUT2D eigenvalue weighted by molar-refractivity contribution is -0.239. The molecular formula is C25H29NO6. The van der Waals surface area contributed by atoms with Crippen molar-refractivity contribution in [2.75, 3.05) is 0 Å². The van der Waals surface area contributed by atoms with Gasteiger partial charge >= 0.3 is 0 Å². The van der Waals surface area contributed by atoms with E-state index in [0.717, 1.165) is 11.1 Å². The average Bonchev–Trinajstić information content (AvgIpc) is 3.24. The molecule has 0 aliphatic carbocycles. The van der Waals surface area contributed by atoms with E-state index in [2.05, 4.69) is 29.6 Å². The van der Waals surface area contributed by atoms with E-state index in [-0.39, 0.29) is 24.3 Å². The molecule has 7 heteroatoms. The van der Waals surface area contributed by atoms with E-state index >= 15 is 0 Å². The molecule has 0 unspecified atom stereocenters. The van der Waals surface area contributed by atoms with E-state index in [0.29, 0.717) is 6.42 Å². The van der Waals surface area contributed by atoms with Gasteiger partial charge in [-0.1, -0.05) is 60.7 Å². The minimum absolute atomic E-state index is 0.0131. The van der Waals surface area contributed by atoms with E-state index in [1.165, 1.54) is 0 Å². The Morgan fingerprint density at radius 2 is 1.56 bits per heavy atom. The average molecular weight is 440 g/mol. The van der Waals surface area contributed by atoms with Gasteiger partial charge in [0, 0.05) is 0 Å². The summed E-state index contributed by atoms with van der Waals surface area (Å²) in [6.07, 6.45) is -2.40. The second kappa shape index (κ2) is 8.57. The van der Waals surface area contributed by atoms with Gasteiger partial charge in [-0.3, -0.25) is 4.79 Å². The highest BCUT2D eigenvalue weighted by Crippen LogP contribution is 2.43. The molecule has 0 bridgehead atoms. The highest BCUT2D eigenvalue weighted by atomic mass is 16.8. The maximum atomic E-state index is 11.3. The lowest BCUT2D eigenvalue weighted by atomic mass is 9.99. The summed E-state index contributed by atoms with van der Waals surface area (Å²) < 4.78 is 31.3. The molecule has 0 aromatic heterocycles. The molecule has 3 saturated heterocycles. The number of carbonyl (C=O) groups excluding carboxylic acids is 1. The Balaban J connectivity index is 1.42. The number of benzene rings is 2. The number of fused-ring (bicyclic) bond motifs is 1. The number of hydrogen-bond donors (Lipinski definition) is 1. The normalized spacial score (nSPS) is 31.8. The van der Waals surface area contributed by atoms with Gasteiger partial charge in [-0.25, -0.2) is 0 Å². The van der Waals surface area contributed by atoms with Crippen LogP contribution in [0, 0.1) is 0 Å². The predicted octanol–water partition coefficient (Wildman–Crippen LogP) is 3.29. The molecule has 2 aromatic carbocycles. The summed E-state index contributed by atoms with van der Waals surface area (Å²) in [6, 6.07) is 20.2. The topological polar surface area (TPSA) is 75.3 Å². The van der Waals surface area contributed by atoms with Crippen LogP contribution in [0.4, 0.5) is 0 Å². The molecule has 6 atom stereocenters. The molecule has 32 heavy (non-hydrogen) atoms. The van der Waals surface area contributed by atoms with Crippen molar-refractivity contribution in [1.29, 1.82) is 0 Å². The fourth-order valence-corrected chi connectivity index (χ4v) is 4.54. The zero-order valence-corrected chi connectivity index (χ0v) is 18.5. The molecule has 1 amide bonds. The predicted molar refractivity (Wildman–Crippen MR) is 115 cm³/mol. The van der Waals surface area contributed by atoms with Crippen LogP contribution in [0.1, 0.15) is 44.4 Å². The Bertz CT molecular complexity index is 888. The summed E-state index contributed by atoms with van der Waals surface area (Å²) in [5.41, 5.74) is 2.08. The fourth-order valence-electron chi connectivity index (χ4n) is 4.54. The van der Waals surface area contributed by atoms with E-state index in [9.17, 15) is 4.79 Å². The van der Waals surface area contributed by atoms with Gasteiger partial charge in [0.2, 0.25) is 5.91 Å². The molecule has 3 fully saturated rings. The lowest BCUT2D eigenvalue weighted by Gasteiger charge is -2.35. The molecule has 5 rings (SSSR count). The SMILES string of the molecule is C[C@@H](O[C@H]1CC(=O)N1)[C@H]1O[C@@H]2OC(C)(C)O[C@@H]2[C@H]1OC(c1ccccc1)c1ccccc1. The molecule has 0 spiro atoms. The van der Waals surface area contributed by atoms with Crippen molar-refractivity contribution in [3.63, 3.8) is 0 Å². The van der Waals surface area contributed by atoms with Gasteiger partial charge in [0.1, 0.15) is 30.6 Å². The number of β-lactam (4-membered cyclic amide) rings is 1. The van der Waals surface area contributed by atoms with Crippen molar-refractivity contribution in [2.24, 2.45) is 0 Å². The molecule has 2 aromatic rings. The summed E-state index contributed by atoms with van der Waals surface area (Å²) in [5, 5.41) is 2.75. The maximum Gasteiger partial charge on any atom is 0.226 e. The van der Waals surface area contributed by atoms with Gasteiger partial charge < -0.3 is 29.0 Å². The number of carbonyl (C=O) groups is 1. The van der Waals surface area contributed by atoms with Gasteiger partial charge in [0.05, 0.1) is 12.5 Å². The smallest absolute Gasteiger partial charge is 0.226 e. The van der Waals surface area contributed by atoms with Crippen molar-refractivity contribution in [3.8, 4) is 0 Å². The Morgan fingerprint density at radius 1 is 0.969 bits per heavy atom. The Morgan fingerprint density at radius 3 is 2.12 bits per heavy atom. The van der Waals surface area contributed by atoms with Crippen molar-refractivity contribution >= 4 is 5.91 Å². The standard InChI is InChI=1S/C25H29NO6/c1-15(28-19-14-18(27)26-19)20-22(23-24(30-20)32-25(2,3)31-23)29-21(16-10-6-4-7-11-16)17-12-8-5-9-13-17/h4-13,15,19-24H,14H2,1-3H3,(H,26,27)/t15-,19+,20-,22+,23-,24-/m1/s1. The van der Waals surface area contributed by atoms with Crippen molar-refractivity contribution < 1.29 is 28.5 Å². The van der Waals surface area contributed by atoms with E-state index in [1.54, 1.807) is 0 Å². The monoisotopic (exact) mass is 439 g/mol. The zero-order chi connectivity index (χ0) is 22.3. The Hall–Kier alpha value is -2.29. The van der Waals surface area contributed by atoms with Crippen molar-refractivity contribution in [1.82, 2.24) is 5.32 Å². The maximum absolute atomic E-state index is 11.3. The minimum atomic E-state index is -0.761. The molecule has 170 valence electrons. The molecule has 1 N–H and O–H groups in total. The number of nitrogens with one attached hydrogen (secondary N) is 1. The highest BCUT2D eigenvalue weighted by Gasteiger charge is 2.57. The van der Waals surface area contributed by atoms with Crippen molar-refractivity contribution in [2.45, 2.75) is 76.0 Å². The second-order valence-corrected chi connectivity index (χ2v) is 8.97. The Kier molecular flexibility index (Phi) is 5.77. The summed E-state index contributed by atoms with van der Waals surface area (Å²) in [6.45, 7) is 5.67. The fraction of sp³-hybridized carbons (Fsp3) is 0.480. The largest absolute Gasteiger partial charge is 0.360 e. The molecule has 7 nitrogen and oxygen atoms in total. The van der Waals surface area contributed by atoms with Crippen LogP contribution in [0.15, 0.2) is 60.7 Å². The van der Waals surface area contributed by atoms with Gasteiger partial charge in [-0.15, -0.1) is 0 Å². The number of hydrogen-bond acceptors (Lipinski definition) is 6. The quantitative estimate of drug-likeness (QED) is 0.668. The van der Waals surface area contributed by atoms with Crippen LogP contribution in [-0.4, -0.2) is 48.6 Å². The first kappa shape index (κ1) is 21.6. The first-order valence-corrected chi connectivity index (χ1v) is 11.1. The number of ether oxygens (including phenoxy) is 5. The van der Waals surface area contributed by atoms with Crippen LogP contribution in [0.5, 0.6) is 0 Å². The van der Waals surface area contributed by atoms with Crippen molar-refractivity contribution in [3.05, 3.63) is 71.8 Å². The van der Waals surface area contributed by atoms with Crippen LogP contribution in [0.25, 0.3) is 0 Å². The number of amides is 1.